The molecule has 0 atom stereocenters. The predicted molar refractivity (Wildman–Crippen MR) is 71.5 cm³/mol. The molecule has 2 aromatic rings. The fourth-order valence-corrected chi connectivity index (χ4v) is 2.29. The quantitative estimate of drug-likeness (QED) is 0.665. The van der Waals surface area contributed by atoms with Crippen LogP contribution in [0.2, 0.25) is 0 Å². The van der Waals surface area contributed by atoms with Crippen LogP contribution in [0.3, 0.4) is 0 Å². The van der Waals surface area contributed by atoms with Crippen molar-refractivity contribution >= 4 is 21.5 Å². The first kappa shape index (κ1) is 9.93. The number of hydrogen-bond acceptors (Lipinski definition) is 0. The molecule has 0 amide bonds. The van der Waals surface area contributed by atoms with E-state index < -0.39 is 0 Å². The lowest BCUT2D eigenvalue weighted by Gasteiger charge is -2.07. The maximum Gasteiger partial charge on any atom is 0.0393 e. The van der Waals surface area contributed by atoms with Crippen LogP contribution in [-0.4, -0.2) is 10.2 Å². The molecule has 0 spiro atoms. The lowest BCUT2D eigenvalue weighted by atomic mass is 10.0. The molecule has 0 fully saturated rings. The van der Waals surface area contributed by atoms with Crippen LogP contribution in [0.4, 0.5) is 0 Å². The minimum atomic E-state index is 1.08. The number of rotatable bonds is 2. The molecule has 0 radical (unpaired) electrons. The maximum atomic E-state index is 3.81. The summed E-state index contributed by atoms with van der Waals surface area (Å²) in [5.74, 6) is 0. The SMILES string of the molecule is C=Cc1ccc([SiH3])c(-c2ccccc2)c1. The lowest BCUT2D eigenvalue weighted by Crippen LogP contribution is -2.06. The van der Waals surface area contributed by atoms with E-state index in [-0.39, 0.29) is 0 Å². The Morgan fingerprint density at radius 3 is 2.40 bits per heavy atom. The van der Waals surface area contributed by atoms with Crippen LogP contribution in [-0.2, 0) is 0 Å². The summed E-state index contributed by atoms with van der Waals surface area (Å²) in [5, 5.41) is 1.44. The Balaban J connectivity index is 2.57. The topological polar surface area (TPSA) is 0 Å². The molecule has 15 heavy (non-hydrogen) atoms. The van der Waals surface area contributed by atoms with Crippen molar-refractivity contribution < 1.29 is 0 Å². The summed E-state index contributed by atoms with van der Waals surface area (Å²) in [6.07, 6.45) is 1.90. The van der Waals surface area contributed by atoms with E-state index in [1.165, 1.54) is 21.9 Å². The molecule has 74 valence electrons. The zero-order chi connectivity index (χ0) is 10.7. The van der Waals surface area contributed by atoms with Gasteiger partial charge in [0.25, 0.3) is 0 Å². The average Bonchev–Trinajstić information content (AvgIpc) is 2.31. The van der Waals surface area contributed by atoms with E-state index in [1.807, 2.05) is 12.1 Å². The second-order valence-corrected chi connectivity index (χ2v) is 4.72. The Kier molecular flexibility index (Phi) is 2.83. The van der Waals surface area contributed by atoms with Gasteiger partial charge in [-0.15, -0.1) is 0 Å². The lowest BCUT2D eigenvalue weighted by molar-refractivity contribution is 1.63. The van der Waals surface area contributed by atoms with Crippen LogP contribution in [0.5, 0.6) is 0 Å². The van der Waals surface area contributed by atoms with Gasteiger partial charge in [0.15, 0.2) is 0 Å². The summed E-state index contributed by atoms with van der Waals surface area (Å²) in [6, 6.07) is 17.1. The largest absolute Gasteiger partial charge is 0.0985 e. The van der Waals surface area contributed by atoms with Gasteiger partial charge in [-0.25, -0.2) is 0 Å². The van der Waals surface area contributed by atoms with Crippen molar-refractivity contribution in [1.29, 1.82) is 0 Å². The Bertz CT molecular complexity index is 472. The molecule has 0 heterocycles. The van der Waals surface area contributed by atoms with E-state index in [0.29, 0.717) is 0 Å². The van der Waals surface area contributed by atoms with Crippen molar-refractivity contribution in [3.05, 3.63) is 60.7 Å². The highest BCUT2D eigenvalue weighted by Crippen LogP contribution is 2.18. The first-order valence-corrected chi connectivity index (χ1v) is 6.10. The van der Waals surface area contributed by atoms with Gasteiger partial charge in [-0.05, 0) is 22.8 Å². The Hall–Kier alpha value is -1.60. The first-order chi connectivity index (χ1) is 7.31. The molecule has 0 aliphatic rings. The van der Waals surface area contributed by atoms with Crippen molar-refractivity contribution in [1.82, 2.24) is 0 Å². The number of hydrogen-bond donors (Lipinski definition) is 0. The summed E-state index contributed by atoms with van der Waals surface area (Å²) in [5.41, 5.74) is 3.83. The van der Waals surface area contributed by atoms with Crippen molar-refractivity contribution in [3.8, 4) is 11.1 Å². The van der Waals surface area contributed by atoms with Gasteiger partial charge >= 0.3 is 0 Å². The smallest absolute Gasteiger partial charge is 0.0393 e. The minimum absolute atomic E-state index is 1.08. The number of benzene rings is 2. The molecular weight excluding hydrogens is 196 g/mol. The first-order valence-electron chi connectivity index (χ1n) is 5.10. The highest BCUT2D eigenvalue weighted by molar-refractivity contribution is 6.36. The van der Waals surface area contributed by atoms with E-state index in [1.54, 1.807) is 0 Å². The maximum absolute atomic E-state index is 3.81. The van der Waals surface area contributed by atoms with E-state index in [4.69, 9.17) is 0 Å². The van der Waals surface area contributed by atoms with Crippen LogP contribution >= 0.6 is 0 Å². The monoisotopic (exact) mass is 210 g/mol. The van der Waals surface area contributed by atoms with E-state index in [9.17, 15) is 0 Å². The average molecular weight is 210 g/mol. The van der Waals surface area contributed by atoms with E-state index >= 15 is 0 Å². The predicted octanol–water partition coefficient (Wildman–Crippen LogP) is 1.99. The van der Waals surface area contributed by atoms with Gasteiger partial charge in [0, 0.05) is 10.2 Å². The summed E-state index contributed by atoms with van der Waals surface area (Å²) in [6.45, 7) is 3.81. The highest BCUT2D eigenvalue weighted by atomic mass is 28.1. The summed E-state index contributed by atoms with van der Waals surface area (Å²) < 4.78 is 0. The van der Waals surface area contributed by atoms with Crippen LogP contribution < -0.4 is 5.19 Å². The van der Waals surface area contributed by atoms with E-state index in [2.05, 4.69) is 49.0 Å². The third kappa shape index (κ3) is 2.08. The molecule has 0 saturated carbocycles. The molecular formula is C14H14Si. The van der Waals surface area contributed by atoms with Crippen LogP contribution in [0.15, 0.2) is 55.1 Å². The summed E-state index contributed by atoms with van der Waals surface area (Å²) in [7, 11) is 1.08. The second kappa shape index (κ2) is 4.28. The zero-order valence-electron chi connectivity index (χ0n) is 8.90. The molecule has 0 saturated heterocycles. The molecule has 0 aromatic heterocycles. The second-order valence-electron chi connectivity index (χ2n) is 3.64. The Labute approximate surface area is 93.7 Å². The van der Waals surface area contributed by atoms with Gasteiger partial charge in [0.2, 0.25) is 0 Å². The van der Waals surface area contributed by atoms with Crippen molar-refractivity contribution in [2.75, 3.05) is 0 Å². The van der Waals surface area contributed by atoms with Gasteiger partial charge in [-0.1, -0.05) is 60.3 Å². The van der Waals surface area contributed by atoms with Crippen LogP contribution in [0.25, 0.3) is 17.2 Å². The Morgan fingerprint density at radius 2 is 1.73 bits per heavy atom. The normalized spacial score (nSPS) is 10.1. The molecule has 0 unspecified atom stereocenters. The van der Waals surface area contributed by atoms with Crippen LogP contribution in [0.1, 0.15) is 5.56 Å². The summed E-state index contributed by atoms with van der Waals surface area (Å²) >= 11 is 0. The highest BCUT2D eigenvalue weighted by Gasteiger charge is 2.00. The Morgan fingerprint density at radius 1 is 1.00 bits per heavy atom. The zero-order valence-corrected chi connectivity index (χ0v) is 10.9. The minimum Gasteiger partial charge on any atom is -0.0985 e. The van der Waals surface area contributed by atoms with Gasteiger partial charge in [-0.3, -0.25) is 0 Å². The summed E-state index contributed by atoms with van der Waals surface area (Å²) in [4.78, 5) is 0. The molecule has 0 aliphatic heterocycles. The van der Waals surface area contributed by atoms with Gasteiger partial charge in [0.05, 0.1) is 0 Å². The van der Waals surface area contributed by atoms with E-state index in [0.717, 1.165) is 10.2 Å². The van der Waals surface area contributed by atoms with Gasteiger partial charge in [0.1, 0.15) is 0 Å². The molecule has 0 N–H and O–H groups in total. The molecule has 0 bridgehead atoms. The van der Waals surface area contributed by atoms with Crippen molar-refractivity contribution in [2.45, 2.75) is 0 Å². The van der Waals surface area contributed by atoms with Crippen molar-refractivity contribution in [2.24, 2.45) is 0 Å². The fraction of sp³-hybridized carbons (Fsp3) is 0. The molecule has 1 heteroatoms. The molecule has 2 rings (SSSR count). The fourth-order valence-electron chi connectivity index (χ4n) is 1.70. The van der Waals surface area contributed by atoms with Gasteiger partial charge < -0.3 is 0 Å². The standard InChI is InChI=1S/C14H14Si/c1-2-11-8-9-14(15)13(10-11)12-6-4-3-5-7-12/h2-10H,1H2,15H3. The van der Waals surface area contributed by atoms with Gasteiger partial charge in [-0.2, -0.15) is 0 Å². The molecule has 0 nitrogen and oxygen atoms in total. The third-order valence-corrected chi connectivity index (χ3v) is 3.45. The van der Waals surface area contributed by atoms with Crippen molar-refractivity contribution in [3.63, 3.8) is 0 Å². The van der Waals surface area contributed by atoms with Crippen LogP contribution in [0, 0.1) is 0 Å². The third-order valence-electron chi connectivity index (χ3n) is 2.58. The molecule has 0 aliphatic carbocycles. The molecule has 2 aromatic carbocycles.